The van der Waals surface area contributed by atoms with Crippen LogP contribution < -0.4 is 10.1 Å². The standard InChI is InChI=1S/C20H29N5O2/c1-16-12-18(27-2)6-7-19(16)23-20(26)8-5-17-4-3-9-24(13-17)10-11-25-14-21-22-15-25/h6-7,12,14-15,17H,3-5,8-11,13H2,1-2H3,(H,23,26)/t17-/m0/s1. The van der Waals surface area contributed by atoms with Crippen molar-refractivity contribution in [2.75, 3.05) is 32.1 Å². The van der Waals surface area contributed by atoms with E-state index in [0.29, 0.717) is 12.3 Å². The van der Waals surface area contributed by atoms with Gasteiger partial charge in [-0.3, -0.25) is 4.79 Å². The fraction of sp³-hybridized carbons (Fsp3) is 0.550. The molecule has 1 amide bonds. The molecular formula is C20H29N5O2. The maximum Gasteiger partial charge on any atom is 0.224 e. The van der Waals surface area contributed by atoms with Crippen LogP contribution in [0.25, 0.3) is 0 Å². The van der Waals surface area contributed by atoms with Crippen LogP contribution in [-0.2, 0) is 11.3 Å². The highest BCUT2D eigenvalue weighted by molar-refractivity contribution is 5.91. The summed E-state index contributed by atoms with van der Waals surface area (Å²) >= 11 is 0. The molecule has 0 aliphatic carbocycles. The molecular weight excluding hydrogens is 342 g/mol. The molecule has 1 aromatic heterocycles. The Morgan fingerprint density at radius 1 is 1.30 bits per heavy atom. The number of ether oxygens (including phenoxy) is 1. The van der Waals surface area contributed by atoms with Gasteiger partial charge < -0.3 is 19.5 Å². The van der Waals surface area contributed by atoms with Crippen molar-refractivity contribution in [3.63, 3.8) is 0 Å². The molecule has 2 heterocycles. The Morgan fingerprint density at radius 2 is 2.11 bits per heavy atom. The molecule has 2 aromatic rings. The van der Waals surface area contributed by atoms with E-state index < -0.39 is 0 Å². The third-order valence-corrected chi connectivity index (χ3v) is 5.23. The maximum atomic E-state index is 12.4. The third-order valence-electron chi connectivity index (χ3n) is 5.23. The Hall–Kier alpha value is -2.41. The van der Waals surface area contributed by atoms with Gasteiger partial charge in [0.05, 0.1) is 7.11 Å². The van der Waals surface area contributed by atoms with Crippen LogP contribution in [0, 0.1) is 12.8 Å². The molecule has 0 radical (unpaired) electrons. The Morgan fingerprint density at radius 3 is 2.85 bits per heavy atom. The van der Waals surface area contributed by atoms with Crippen LogP contribution in [-0.4, -0.2) is 52.3 Å². The average molecular weight is 371 g/mol. The van der Waals surface area contributed by atoms with Crippen molar-refractivity contribution < 1.29 is 9.53 Å². The molecule has 7 heteroatoms. The number of rotatable bonds is 8. The van der Waals surface area contributed by atoms with Gasteiger partial charge in [0.15, 0.2) is 0 Å². The van der Waals surface area contributed by atoms with Gasteiger partial charge in [-0.25, -0.2) is 0 Å². The van der Waals surface area contributed by atoms with Gasteiger partial charge in [0.1, 0.15) is 18.4 Å². The first-order valence-electron chi connectivity index (χ1n) is 9.63. The van der Waals surface area contributed by atoms with Crippen molar-refractivity contribution >= 4 is 11.6 Å². The number of nitrogens with one attached hydrogen (secondary N) is 1. The molecule has 1 aliphatic rings. The van der Waals surface area contributed by atoms with E-state index in [0.717, 1.165) is 49.6 Å². The zero-order valence-electron chi connectivity index (χ0n) is 16.2. The minimum Gasteiger partial charge on any atom is -0.497 e. The van der Waals surface area contributed by atoms with E-state index in [1.54, 1.807) is 19.8 Å². The molecule has 146 valence electrons. The average Bonchev–Trinajstić information content (AvgIpc) is 3.20. The zero-order chi connectivity index (χ0) is 19.1. The lowest BCUT2D eigenvalue weighted by Gasteiger charge is -2.32. The predicted octanol–water partition coefficient (Wildman–Crippen LogP) is 2.73. The number of carbonyl (C=O) groups excluding carboxylic acids is 1. The first kappa shape index (κ1) is 19.4. The van der Waals surface area contributed by atoms with Crippen molar-refractivity contribution in [1.82, 2.24) is 19.7 Å². The lowest BCUT2D eigenvalue weighted by Crippen LogP contribution is -2.37. The summed E-state index contributed by atoms with van der Waals surface area (Å²) in [6, 6.07) is 5.71. The van der Waals surface area contributed by atoms with Crippen molar-refractivity contribution in [3.8, 4) is 5.75 Å². The van der Waals surface area contributed by atoms with Gasteiger partial charge >= 0.3 is 0 Å². The second-order valence-corrected chi connectivity index (χ2v) is 7.28. The number of piperidine rings is 1. The van der Waals surface area contributed by atoms with Gasteiger partial charge in [-0.1, -0.05) is 0 Å². The van der Waals surface area contributed by atoms with E-state index in [1.165, 1.54) is 12.8 Å². The highest BCUT2D eigenvalue weighted by atomic mass is 16.5. The Labute approximate surface area is 160 Å². The summed E-state index contributed by atoms with van der Waals surface area (Å²) in [5, 5.41) is 10.7. The number of nitrogens with zero attached hydrogens (tertiary/aromatic N) is 4. The van der Waals surface area contributed by atoms with Gasteiger partial charge in [0.25, 0.3) is 0 Å². The van der Waals surface area contributed by atoms with Crippen LogP contribution in [0.15, 0.2) is 30.9 Å². The number of carbonyl (C=O) groups is 1. The summed E-state index contributed by atoms with van der Waals surface area (Å²) < 4.78 is 7.22. The minimum absolute atomic E-state index is 0.0879. The van der Waals surface area contributed by atoms with Gasteiger partial charge in [0.2, 0.25) is 5.91 Å². The van der Waals surface area contributed by atoms with Crippen LogP contribution in [0.2, 0.25) is 0 Å². The van der Waals surface area contributed by atoms with Crippen LogP contribution in [0.5, 0.6) is 5.75 Å². The number of hydrogen-bond acceptors (Lipinski definition) is 5. The number of aryl methyl sites for hydroxylation is 1. The molecule has 1 N–H and O–H groups in total. The van der Waals surface area contributed by atoms with Crippen LogP contribution in [0.4, 0.5) is 5.69 Å². The molecule has 1 fully saturated rings. The van der Waals surface area contributed by atoms with Crippen LogP contribution in [0.1, 0.15) is 31.2 Å². The van der Waals surface area contributed by atoms with Crippen molar-refractivity contribution in [1.29, 1.82) is 0 Å². The van der Waals surface area contributed by atoms with Crippen molar-refractivity contribution in [2.24, 2.45) is 5.92 Å². The summed E-state index contributed by atoms with van der Waals surface area (Å²) in [6.07, 6.45) is 7.42. The van der Waals surface area contributed by atoms with Gasteiger partial charge in [-0.15, -0.1) is 10.2 Å². The first-order valence-corrected chi connectivity index (χ1v) is 9.63. The number of anilines is 1. The summed E-state index contributed by atoms with van der Waals surface area (Å²) in [5.41, 5.74) is 1.88. The summed E-state index contributed by atoms with van der Waals surface area (Å²) in [4.78, 5) is 14.8. The molecule has 1 saturated heterocycles. The number of hydrogen-bond donors (Lipinski definition) is 1. The monoisotopic (exact) mass is 371 g/mol. The largest absolute Gasteiger partial charge is 0.497 e. The van der Waals surface area contributed by atoms with Gasteiger partial charge in [-0.2, -0.15) is 0 Å². The number of benzene rings is 1. The number of methoxy groups -OCH3 is 1. The quantitative estimate of drug-likeness (QED) is 0.772. The number of amides is 1. The highest BCUT2D eigenvalue weighted by Gasteiger charge is 2.20. The fourth-order valence-corrected chi connectivity index (χ4v) is 3.64. The lowest BCUT2D eigenvalue weighted by molar-refractivity contribution is -0.116. The Balaban J connectivity index is 1.41. The fourth-order valence-electron chi connectivity index (χ4n) is 3.64. The van der Waals surface area contributed by atoms with E-state index in [1.807, 2.05) is 29.7 Å². The summed E-state index contributed by atoms with van der Waals surface area (Å²) in [7, 11) is 1.65. The molecule has 0 unspecified atom stereocenters. The Kier molecular flexibility index (Phi) is 6.81. The molecule has 0 spiro atoms. The second kappa shape index (κ2) is 9.50. The molecule has 1 aromatic carbocycles. The van der Waals surface area contributed by atoms with Crippen molar-refractivity contribution in [3.05, 3.63) is 36.4 Å². The van der Waals surface area contributed by atoms with E-state index in [2.05, 4.69) is 20.4 Å². The highest BCUT2D eigenvalue weighted by Crippen LogP contribution is 2.23. The van der Waals surface area contributed by atoms with Crippen molar-refractivity contribution in [2.45, 2.75) is 39.2 Å². The van der Waals surface area contributed by atoms with Gasteiger partial charge in [0, 0.05) is 31.7 Å². The first-order chi connectivity index (χ1) is 13.1. The molecule has 0 saturated carbocycles. The minimum atomic E-state index is 0.0879. The smallest absolute Gasteiger partial charge is 0.224 e. The van der Waals surface area contributed by atoms with E-state index in [9.17, 15) is 4.79 Å². The van der Waals surface area contributed by atoms with E-state index in [-0.39, 0.29) is 5.91 Å². The summed E-state index contributed by atoms with van der Waals surface area (Å²) in [6.45, 7) is 6.10. The molecule has 1 atom stereocenters. The summed E-state index contributed by atoms with van der Waals surface area (Å²) in [5.74, 6) is 1.48. The van der Waals surface area contributed by atoms with E-state index >= 15 is 0 Å². The van der Waals surface area contributed by atoms with Gasteiger partial charge in [-0.05, 0) is 62.4 Å². The lowest BCUT2D eigenvalue weighted by atomic mass is 9.93. The number of likely N-dealkylation sites (tertiary alicyclic amines) is 1. The predicted molar refractivity (Wildman–Crippen MR) is 105 cm³/mol. The molecule has 0 bridgehead atoms. The third kappa shape index (κ3) is 5.79. The maximum absolute atomic E-state index is 12.4. The topological polar surface area (TPSA) is 72.3 Å². The zero-order valence-corrected chi connectivity index (χ0v) is 16.2. The molecule has 1 aliphatic heterocycles. The molecule has 7 nitrogen and oxygen atoms in total. The van der Waals surface area contributed by atoms with Crippen LogP contribution >= 0.6 is 0 Å². The SMILES string of the molecule is COc1ccc(NC(=O)CC[C@@H]2CCCN(CCn3cnnc3)C2)c(C)c1. The second-order valence-electron chi connectivity index (χ2n) is 7.28. The normalized spacial score (nSPS) is 17.6. The molecule has 3 rings (SSSR count). The Bertz CT molecular complexity index is 732. The molecule has 27 heavy (non-hydrogen) atoms. The van der Waals surface area contributed by atoms with E-state index in [4.69, 9.17) is 4.74 Å². The number of aromatic nitrogens is 3. The van der Waals surface area contributed by atoms with Crippen LogP contribution in [0.3, 0.4) is 0 Å².